The number of aromatic nitrogens is 1. The van der Waals surface area contributed by atoms with Crippen LogP contribution in [0.1, 0.15) is 64.3 Å². The molecule has 3 atom stereocenters. The van der Waals surface area contributed by atoms with Gasteiger partial charge in [0, 0.05) is 62.1 Å². The molecule has 0 spiro atoms. The van der Waals surface area contributed by atoms with Gasteiger partial charge in [-0.3, -0.25) is 39.2 Å². The summed E-state index contributed by atoms with van der Waals surface area (Å²) in [5.41, 5.74) is -3.37. The summed E-state index contributed by atoms with van der Waals surface area (Å²) in [6.07, 6.45) is -3.44. The Morgan fingerprint density at radius 2 is 1.67 bits per heavy atom. The van der Waals surface area contributed by atoms with Crippen molar-refractivity contribution in [3.63, 3.8) is 0 Å². The van der Waals surface area contributed by atoms with Gasteiger partial charge in [0.25, 0.3) is 11.8 Å². The molecule has 3 aliphatic heterocycles. The Kier molecular flexibility index (Phi) is 12.7. The van der Waals surface area contributed by atoms with E-state index < -0.39 is 52.3 Å². The lowest BCUT2D eigenvalue weighted by Crippen LogP contribution is -2.58. The predicted molar refractivity (Wildman–Crippen MR) is 219 cm³/mol. The molecule has 2 aromatic carbocycles. The Morgan fingerprint density at radius 1 is 1.00 bits per heavy atom. The van der Waals surface area contributed by atoms with E-state index in [2.05, 4.69) is 25.8 Å². The number of piperidine rings is 1. The molecular weight excluding hydrogens is 826 g/mol. The van der Waals surface area contributed by atoms with Crippen LogP contribution in [0.3, 0.4) is 0 Å². The number of hydrogen-bond acceptors (Lipinski definition) is 11. The second-order valence-electron chi connectivity index (χ2n) is 15.8. The van der Waals surface area contributed by atoms with Crippen LogP contribution < -0.4 is 30.5 Å². The van der Waals surface area contributed by atoms with Gasteiger partial charge in [-0.15, -0.1) is 0 Å². The lowest BCUT2D eigenvalue weighted by Gasteiger charge is -2.43. The quantitative estimate of drug-likeness (QED) is 0.117. The minimum atomic E-state index is -4.95. The van der Waals surface area contributed by atoms with E-state index in [9.17, 15) is 32.3 Å². The highest BCUT2D eigenvalue weighted by atomic mass is 32.1. The van der Waals surface area contributed by atoms with Gasteiger partial charge >= 0.3 is 6.18 Å². The second kappa shape index (κ2) is 17.3. The summed E-state index contributed by atoms with van der Waals surface area (Å²) >= 11 is 5.56. The third-order valence-corrected chi connectivity index (χ3v) is 11.2. The third kappa shape index (κ3) is 9.74. The number of anilines is 4. The summed E-state index contributed by atoms with van der Waals surface area (Å²) in [5, 5.41) is 17.2. The van der Waals surface area contributed by atoms with Crippen LogP contribution in [0, 0.1) is 11.3 Å². The van der Waals surface area contributed by atoms with Crippen LogP contribution in [0.5, 0.6) is 5.75 Å². The van der Waals surface area contributed by atoms with Crippen LogP contribution in [-0.2, 0) is 31.3 Å². The molecule has 0 radical (unpaired) electrons. The number of amides is 4. The minimum Gasteiger partial charge on any atom is -0.492 e. The SMILES string of the molecule is C[C@@H]1CN(CC(=O)Nc2cccc(NC3CCC(=O)NC3=O)c2)[C@H](C)CN1CCOc1ccc(N2C(=S)N(c3cnc(C#N)c(C(F)(F)F)c3)C(=O)C2(C)C)cc1C(C)(F)F. The fraction of sp³-hybridized carbons (Fsp3) is 0.439. The summed E-state index contributed by atoms with van der Waals surface area (Å²) in [7, 11) is 0. The van der Waals surface area contributed by atoms with E-state index in [1.807, 2.05) is 18.7 Å². The second-order valence-corrected chi connectivity index (χ2v) is 16.2. The number of halogens is 5. The van der Waals surface area contributed by atoms with Gasteiger partial charge in [0.1, 0.15) is 30.0 Å². The maximum Gasteiger partial charge on any atom is 0.419 e. The Labute approximate surface area is 354 Å². The molecule has 4 amide bonds. The van der Waals surface area contributed by atoms with Crippen molar-refractivity contribution in [2.24, 2.45) is 0 Å². The van der Waals surface area contributed by atoms with Crippen molar-refractivity contribution >= 4 is 63.7 Å². The first-order valence-electron chi connectivity index (χ1n) is 19.4. The highest BCUT2D eigenvalue weighted by Crippen LogP contribution is 2.43. The van der Waals surface area contributed by atoms with E-state index in [0.717, 1.165) is 17.2 Å². The van der Waals surface area contributed by atoms with Crippen molar-refractivity contribution in [2.75, 3.05) is 53.2 Å². The number of nitrogens with one attached hydrogen (secondary N) is 3. The number of thiocarbonyl (C=S) groups is 1. The van der Waals surface area contributed by atoms with E-state index in [0.29, 0.717) is 50.4 Å². The van der Waals surface area contributed by atoms with Crippen LogP contribution in [0.2, 0.25) is 0 Å². The molecule has 3 N–H and O–H groups in total. The average molecular weight is 870 g/mol. The number of imide groups is 1. The third-order valence-electron chi connectivity index (χ3n) is 10.9. The molecule has 20 heteroatoms. The molecule has 3 saturated heterocycles. The Bertz CT molecular complexity index is 2280. The van der Waals surface area contributed by atoms with Gasteiger partial charge in [0.05, 0.1) is 29.6 Å². The lowest BCUT2D eigenvalue weighted by molar-refractivity contribution is -0.138. The van der Waals surface area contributed by atoms with Crippen molar-refractivity contribution in [1.29, 1.82) is 5.26 Å². The summed E-state index contributed by atoms with van der Waals surface area (Å²) in [6, 6.07) is 12.2. The first-order valence-corrected chi connectivity index (χ1v) is 19.8. The van der Waals surface area contributed by atoms with Crippen LogP contribution in [0.4, 0.5) is 44.7 Å². The monoisotopic (exact) mass is 869 g/mol. The summed E-state index contributed by atoms with van der Waals surface area (Å²) in [4.78, 5) is 60.3. The van der Waals surface area contributed by atoms with E-state index in [1.54, 1.807) is 24.3 Å². The molecule has 3 aliphatic rings. The van der Waals surface area contributed by atoms with Gasteiger partial charge in [-0.05, 0) is 88.8 Å². The van der Waals surface area contributed by atoms with E-state index in [-0.39, 0.29) is 65.7 Å². The number of rotatable bonds is 12. The van der Waals surface area contributed by atoms with Gasteiger partial charge in [0.15, 0.2) is 10.8 Å². The van der Waals surface area contributed by atoms with Crippen LogP contribution in [0.15, 0.2) is 54.7 Å². The number of carbonyl (C=O) groups is 4. The standard InChI is InChI=1S/C41H44F5N9O5S/c1-23-21-53(22-35(57)50-26-8-6-7-25(15-26)49-31-10-12-34(56)51-36(31)58)24(2)20-52(23)13-14-60-33-11-9-27(16-30(33)40(5,42)43)55-38(61)54(37(59)39(55,3)4)28-17-29(41(44,45)46)32(18-47)48-19-28/h6-9,11,15-17,19,23-24,31,49H,10,12-14,20-22H2,1-5H3,(H,50,57)(H,51,56,58)/t23-,24-,31?/m1/s1. The van der Waals surface area contributed by atoms with Crippen LogP contribution in [0.25, 0.3) is 0 Å². The van der Waals surface area contributed by atoms with Crippen molar-refractivity contribution in [3.8, 4) is 11.8 Å². The van der Waals surface area contributed by atoms with Crippen LogP contribution >= 0.6 is 12.2 Å². The Hall–Kier alpha value is -5.78. The average Bonchev–Trinajstić information content (AvgIpc) is 3.35. The summed E-state index contributed by atoms with van der Waals surface area (Å²) < 4.78 is 77.6. The number of ether oxygens (including phenoxy) is 1. The molecular formula is C41H44F5N9O5S. The molecule has 3 fully saturated rings. The van der Waals surface area contributed by atoms with Gasteiger partial charge < -0.3 is 20.3 Å². The lowest BCUT2D eigenvalue weighted by atomic mass is 10.0. The molecule has 0 bridgehead atoms. The molecule has 3 aromatic rings. The van der Waals surface area contributed by atoms with Gasteiger partial charge in [-0.25, -0.2) is 13.8 Å². The summed E-state index contributed by atoms with van der Waals surface area (Å²) in [5.74, 6) is -5.21. The largest absolute Gasteiger partial charge is 0.492 e. The number of carbonyl (C=O) groups excluding carboxylic acids is 4. The molecule has 0 aliphatic carbocycles. The molecule has 14 nitrogen and oxygen atoms in total. The molecule has 1 unspecified atom stereocenters. The Balaban J connectivity index is 1.07. The first-order chi connectivity index (χ1) is 28.6. The molecule has 0 saturated carbocycles. The fourth-order valence-corrected chi connectivity index (χ4v) is 8.16. The Morgan fingerprint density at radius 3 is 2.34 bits per heavy atom. The number of nitriles is 1. The number of hydrogen-bond donors (Lipinski definition) is 3. The number of alkyl halides is 5. The highest BCUT2D eigenvalue weighted by Gasteiger charge is 2.51. The number of pyridine rings is 1. The van der Waals surface area contributed by atoms with Gasteiger partial charge in [-0.2, -0.15) is 18.4 Å². The summed E-state index contributed by atoms with van der Waals surface area (Å²) in [6.45, 7) is 9.20. The van der Waals surface area contributed by atoms with E-state index in [1.165, 1.54) is 36.9 Å². The molecule has 6 rings (SSSR count). The molecule has 4 heterocycles. The van der Waals surface area contributed by atoms with Gasteiger partial charge in [-0.1, -0.05) is 6.07 Å². The predicted octanol–water partition coefficient (Wildman–Crippen LogP) is 5.63. The van der Waals surface area contributed by atoms with Crippen molar-refractivity contribution in [1.82, 2.24) is 20.1 Å². The van der Waals surface area contributed by atoms with Gasteiger partial charge in [0.2, 0.25) is 17.7 Å². The van der Waals surface area contributed by atoms with Crippen molar-refractivity contribution in [3.05, 3.63) is 71.5 Å². The first kappa shape index (κ1) is 44.8. The minimum absolute atomic E-state index is 0.0273. The van der Waals surface area contributed by atoms with Crippen molar-refractivity contribution < 1.29 is 45.9 Å². The normalized spacial score (nSPS) is 21.3. The highest BCUT2D eigenvalue weighted by molar-refractivity contribution is 7.81. The fourth-order valence-electron chi connectivity index (χ4n) is 7.64. The maximum atomic E-state index is 15.2. The topological polar surface area (TPSA) is 163 Å². The number of benzene rings is 2. The molecule has 324 valence electrons. The van der Waals surface area contributed by atoms with E-state index >= 15 is 8.78 Å². The molecule has 61 heavy (non-hydrogen) atoms. The zero-order valence-electron chi connectivity index (χ0n) is 33.9. The number of piperazine rings is 1. The zero-order valence-corrected chi connectivity index (χ0v) is 34.7. The molecule has 1 aromatic heterocycles. The zero-order chi connectivity index (χ0) is 44.6. The smallest absolute Gasteiger partial charge is 0.419 e. The maximum absolute atomic E-state index is 15.2. The number of nitrogens with zero attached hydrogens (tertiary/aromatic N) is 6. The van der Waals surface area contributed by atoms with Crippen molar-refractivity contribution in [2.45, 2.75) is 83.2 Å². The van der Waals surface area contributed by atoms with Crippen LogP contribution in [-0.4, -0.2) is 100.0 Å². The van der Waals surface area contributed by atoms with E-state index in [4.69, 9.17) is 22.2 Å².